The first-order chi connectivity index (χ1) is 8.49. The third-order valence-corrected chi connectivity index (χ3v) is 3.32. The molecule has 1 aliphatic rings. The number of benzene rings is 1. The van der Waals surface area contributed by atoms with Gasteiger partial charge in [0.25, 0.3) is 0 Å². The van der Waals surface area contributed by atoms with Crippen LogP contribution in [0.25, 0.3) is 0 Å². The summed E-state index contributed by atoms with van der Waals surface area (Å²) < 4.78 is 37.1. The van der Waals surface area contributed by atoms with Crippen molar-refractivity contribution in [2.75, 3.05) is 19.7 Å². The zero-order valence-electron chi connectivity index (χ0n) is 9.95. The van der Waals surface area contributed by atoms with Gasteiger partial charge in [-0.3, -0.25) is 4.90 Å². The molecule has 0 spiro atoms. The number of likely N-dealkylation sites (tertiary alicyclic amines) is 1. The van der Waals surface area contributed by atoms with E-state index in [9.17, 15) is 13.2 Å². The fraction of sp³-hybridized carbons (Fsp3) is 0.538. The lowest BCUT2D eigenvalue weighted by molar-refractivity contribution is -0.137. The second-order valence-electron chi connectivity index (χ2n) is 4.77. The summed E-state index contributed by atoms with van der Waals surface area (Å²) >= 11 is 0. The van der Waals surface area contributed by atoms with Gasteiger partial charge in [-0.1, -0.05) is 12.1 Å². The Hall–Kier alpha value is -1.07. The number of halogens is 3. The molecule has 18 heavy (non-hydrogen) atoms. The van der Waals surface area contributed by atoms with Crippen LogP contribution in [0.5, 0.6) is 0 Å². The molecule has 5 heteroatoms. The number of nitrogens with zero attached hydrogens (tertiary/aromatic N) is 1. The molecule has 1 fully saturated rings. The summed E-state index contributed by atoms with van der Waals surface area (Å²) in [6.45, 7) is 2.54. The summed E-state index contributed by atoms with van der Waals surface area (Å²) in [7, 11) is 0. The summed E-state index contributed by atoms with van der Waals surface area (Å²) in [6.07, 6.45) is -3.31. The van der Waals surface area contributed by atoms with E-state index in [0.717, 1.165) is 37.2 Å². The van der Waals surface area contributed by atoms with Crippen molar-refractivity contribution in [2.24, 2.45) is 5.92 Å². The predicted molar refractivity (Wildman–Crippen MR) is 61.9 cm³/mol. The van der Waals surface area contributed by atoms with Gasteiger partial charge in [0.05, 0.1) is 5.56 Å². The van der Waals surface area contributed by atoms with Crippen LogP contribution in [0.3, 0.4) is 0 Å². The molecule has 0 saturated carbocycles. The fourth-order valence-electron chi connectivity index (χ4n) is 2.26. The van der Waals surface area contributed by atoms with E-state index >= 15 is 0 Å². The first-order valence-corrected chi connectivity index (χ1v) is 5.98. The lowest BCUT2D eigenvalue weighted by Crippen LogP contribution is -2.21. The van der Waals surface area contributed by atoms with Gasteiger partial charge in [0.15, 0.2) is 0 Å². The Morgan fingerprint density at radius 3 is 2.39 bits per heavy atom. The van der Waals surface area contributed by atoms with E-state index < -0.39 is 11.7 Å². The van der Waals surface area contributed by atoms with Crippen molar-refractivity contribution in [1.82, 2.24) is 4.90 Å². The highest BCUT2D eigenvalue weighted by molar-refractivity contribution is 5.24. The SMILES string of the molecule is OCC1CCN(Cc2ccc(C(F)(F)F)cc2)C1. The Bertz CT molecular complexity index is 388. The first kappa shape index (κ1) is 13.4. The molecule has 2 rings (SSSR count). The van der Waals surface area contributed by atoms with Crippen molar-refractivity contribution in [1.29, 1.82) is 0 Å². The summed E-state index contributed by atoms with van der Waals surface area (Å²) in [5.41, 5.74) is 0.266. The summed E-state index contributed by atoms with van der Waals surface area (Å²) in [4.78, 5) is 2.16. The van der Waals surface area contributed by atoms with E-state index in [2.05, 4.69) is 4.90 Å². The van der Waals surface area contributed by atoms with Crippen molar-refractivity contribution in [3.8, 4) is 0 Å². The van der Waals surface area contributed by atoms with Crippen molar-refractivity contribution in [2.45, 2.75) is 19.1 Å². The van der Waals surface area contributed by atoms with Gasteiger partial charge in [-0.2, -0.15) is 13.2 Å². The fourth-order valence-corrected chi connectivity index (χ4v) is 2.26. The summed E-state index contributed by atoms with van der Waals surface area (Å²) in [5, 5.41) is 9.02. The highest BCUT2D eigenvalue weighted by atomic mass is 19.4. The van der Waals surface area contributed by atoms with Gasteiger partial charge in [0, 0.05) is 19.7 Å². The smallest absolute Gasteiger partial charge is 0.396 e. The van der Waals surface area contributed by atoms with E-state index in [4.69, 9.17) is 5.11 Å². The van der Waals surface area contributed by atoms with Gasteiger partial charge >= 0.3 is 6.18 Å². The normalized spacial score (nSPS) is 21.4. The lowest BCUT2D eigenvalue weighted by atomic mass is 10.1. The third kappa shape index (κ3) is 3.23. The van der Waals surface area contributed by atoms with Crippen molar-refractivity contribution in [3.63, 3.8) is 0 Å². The molecule has 0 aromatic heterocycles. The lowest BCUT2D eigenvalue weighted by Gasteiger charge is -2.16. The zero-order chi connectivity index (χ0) is 13.2. The average Bonchev–Trinajstić information content (AvgIpc) is 2.76. The maximum absolute atomic E-state index is 12.4. The quantitative estimate of drug-likeness (QED) is 0.901. The second kappa shape index (κ2) is 5.28. The molecule has 1 aromatic rings. The molecule has 0 aliphatic carbocycles. The molecule has 1 aromatic carbocycles. The van der Waals surface area contributed by atoms with Crippen LogP contribution in [0.2, 0.25) is 0 Å². The van der Waals surface area contributed by atoms with Crippen LogP contribution in [-0.4, -0.2) is 29.7 Å². The van der Waals surface area contributed by atoms with Crippen LogP contribution < -0.4 is 0 Å². The van der Waals surface area contributed by atoms with E-state index in [0.29, 0.717) is 12.5 Å². The largest absolute Gasteiger partial charge is 0.416 e. The predicted octanol–water partition coefficient (Wildman–Crippen LogP) is 2.52. The number of aliphatic hydroxyl groups excluding tert-OH is 1. The molecule has 1 heterocycles. The van der Waals surface area contributed by atoms with Crippen LogP contribution in [0.4, 0.5) is 13.2 Å². The Morgan fingerprint density at radius 1 is 1.22 bits per heavy atom. The molecule has 1 unspecified atom stereocenters. The number of hydrogen-bond donors (Lipinski definition) is 1. The van der Waals surface area contributed by atoms with Crippen molar-refractivity contribution in [3.05, 3.63) is 35.4 Å². The van der Waals surface area contributed by atoms with E-state index in [1.807, 2.05) is 0 Å². The summed E-state index contributed by atoms with van der Waals surface area (Å²) in [6, 6.07) is 5.29. The number of alkyl halides is 3. The zero-order valence-corrected chi connectivity index (χ0v) is 9.95. The van der Waals surface area contributed by atoms with Gasteiger partial charge in [0.2, 0.25) is 0 Å². The van der Waals surface area contributed by atoms with Gasteiger partial charge < -0.3 is 5.11 Å². The van der Waals surface area contributed by atoms with Gasteiger partial charge in [0.1, 0.15) is 0 Å². The highest BCUT2D eigenvalue weighted by Crippen LogP contribution is 2.29. The first-order valence-electron chi connectivity index (χ1n) is 5.98. The van der Waals surface area contributed by atoms with Crippen LogP contribution in [-0.2, 0) is 12.7 Å². The highest BCUT2D eigenvalue weighted by Gasteiger charge is 2.30. The van der Waals surface area contributed by atoms with Crippen molar-refractivity contribution >= 4 is 0 Å². The van der Waals surface area contributed by atoms with E-state index in [1.165, 1.54) is 12.1 Å². The molecular weight excluding hydrogens is 243 g/mol. The number of hydrogen-bond acceptors (Lipinski definition) is 2. The second-order valence-corrected chi connectivity index (χ2v) is 4.77. The van der Waals surface area contributed by atoms with Crippen molar-refractivity contribution < 1.29 is 18.3 Å². The average molecular weight is 259 g/mol. The van der Waals surface area contributed by atoms with E-state index in [-0.39, 0.29) is 6.61 Å². The Morgan fingerprint density at radius 2 is 1.89 bits per heavy atom. The Balaban J connectivity index is 1.95. The minimum atomic E-state index is -4.27. The molecule has 2 nitrogen and oxygen atoms in total. The molecule has 1 N–H and O–H groups in total. The molecule has 0 radical (unpaired) electrons. The van der Waals surface area contributed by atoms with Gasteiger partial charge in [-0.25, -0.2) is 0 Å². The third-order valence-electron chi connectivity index (χ3n) is 3.32. The topological polar surface area (TPSA) is 23.5 Å². The van der Waals surface area contributed by atoms with Gasteiger partial charge in [-0.05, 0) is 36.6 Å². The van der Waals surface area contributed by atoms with Crippen LogP contribution in [0.15, 0.2) is 24.3 Å². The molecule has 0 bridgehead atoms. The molecular formula is C13H16F3NO. The molecule has 0 amide bonds. The maximum Gasteiger partial charge on any atom is 0.416 e. The molecule has 1 atom stereocenters. The minimum Gasteiger partial charge on any atom is -0.396 e. The molecule has 100 valence electrons. The summed E-state index contributed by atoms with van der Waals surface area (Å²) in [5.74, 6) is 0.305. The monoisotopic (exact) mass is 259 g/mol. The van der Waals surface area contributed by atoms with E-state index in [1.54, 1.807) is 0 Å². The minimum absolute atomic E-state index is 0.184. The Labute approximate surface area is 104 Å². The van der Waals surface area contributed by atoms with Crippen LogP contribution >= 0.6 is 0 Å². The number of aliphatic hydroxyl groups is 1. The molecule has 1 aliphatic heterocycles. The van der Waals surface area contributed by atoms with Crippen LogP contribution in [0.1, 0.15) is 17.5 Å². The van der Waals surface area contributed by atoms with Gasteiger partial charge in [-0.15, -0.1) is 0 Å². The molecule has 1 saturated heterocycles. The van der Waals surface area contributed by atoms with Crippen LogP contribution in [0, 0.1) is 5.92 Å². The standard InChI is InChI=1S/C13H16F3NO/c14-13(15,16)12-3-1-10(2-4-12)7-17-6-5-11(8-17)9-18/h1-4,11,18H,5-9H2. The number of rotatable bonds is 3. The maximum atomic E-state index is 12.4. The Kier molecular flexibility index (Phi) is 3.92.